The van der Waals surface area contributed by atoms with Crippen molar-refractivity contribution in [2.75, 3.05) is 40.4 Å². The van der Waals surface area contributed by atoms with Gasteiger partial charge in [0.25, 0.3) is 0 Å². The summed E-state index contributed by atoms with van der Waals surface area (Å²) in [5, 5.41) is 0. The van der Waals surface area contributed by atoms with Crippen molar-refractivity contribution < 1.29 is 23.9 Å². The van der Waals surface area contributed by atoms with Gasteiger partial charge >= 0.3 is 11.9 Å². The Morgan fingerprint density at radius 2 is 0.734 bits per heavy atom. The monoisotopic (exact) mass is 905 g/mol. The fraction of sp³-hybridized carbons (Fsp3) is 0.947. The molecule has 0 aliphatic rings. The molecule has 0 rings (SSSR count). The van der Waals surface area contributed by atoms with E-state index in [2.05, 4.69) is 51.6 Å². The molecule has 0 aromatic rings. The molecule has 0 N–H and O–H groups in total. The van der Waals surface area contributed by atoms with Gasteiger partial charge in [0.2, 0.25) is 5.91 Å². The zero-order chi connectivity index (χ0) is 47.0. The van der Waals surface area contributed by atoms with E-state index in [9.17, 15) is 14.4 Å². The predicted octanol–water partition coefficient (Wildman–Crippen LogP) is 16.9. The topological polar surface area (TPSA) is 76.2 Å². The highest BCUT2D eigenvalue weighted by Gasteiger charge is 2.23. The second-order valence-electron chi connectivity index (χ2n) is 20.2. The maximum Gasteiger partial charge on any atom is 0.305 e. The predicted molar refractivity (Wildman–Crippen MR) is 276 cm³/mol. The first-order valence-corrected chi connectivity index (χ1v) is 28.5. The van der Waals surface area contributed by atoms with E-state index in [0.717, 1.165) is 96.6 Å². The fourth-order valence-corrected chi connectivity index (χ4v) is 9.24. The van der Waals surface area contributed by atoms with E-state index in [1.807, 2.05) is 0 Å². The van der Waals surface area contributed by atoms with Crippen molar-refractivity contribution in [3.05, 3.63) is 0 Å². The summed E-state index contributed by atoms with van der Waals surface area (Å²) in [6.07, 6.45) is 48.3. The Labute approximate surface area is 399 Å². The lowest BCUT2D eigenvalue weighted by Crippen LogP contribution is -2.41. The maximum absolute atomic E-state index is 14.0. The highest BCUT2D eigenvalue weighted by Crippen LogP contribution is 2.23. The largest absolute Gasteiger partial charge is 0.466 e. The van der Waals surface area contributed by atoms with Crippen molar-refractivity contribution in [3.8, 4) is 0 Å². The van der Waals surface area contributed by atoms with E-state index < -0.39 is 0 Å². The zero-order valence-corrected chi connectivity index (χ0v) is 44.1. The number of esters is 2. The van der Waals surface area contributed by atoms with Crippen LogP contribution in [0.25, 0.3) is 0 Å². The minimum atomic E-state index is -0.0643. The molecule has 0 aliphatic carbocycles. The third-order valence-corrected chi connectivity index (χ3v) is 13.5. The molecule has 64 heavy (non-hydrogen) atoms. The molecular formula is C57H112N2O5. The van der Waals surface area contributed by atoms with E-state index in [1.54, 1.807) is 0 Å². The van der Waals surface area contributed by atoms with Gasteiger partial charge in [-0.3, -0.25) is 14.4 Å². The zero-order valence-electron chi connectivity index (χ0n) is 44.1. The molecule has 380 valence electrons. The molecule has 0 aliphatic heterocycles. The van der Waals surface area contributed by atoms with Crippen LogP contribution in [0.5, 0.6) is 0 Å². The van der Waals surface area contributed by atoms with Crippen molar-refractivity contribution in [1.29, 1.82) is 0 Å². The van der Waals surface area contributed by atoms with Crippen LogP contribution in [-0.2, 0) is 23.9 Å². The van der Waals surface area contributed by atoms with Gasteiger partial charge in [0.05, 0.1) is 13.2 Å². The van der Waals surface area contributed by atoms with Crippen molar-refractivity contribution in [1.82, 2.24) is 9.80 Å². The highest BCUT2D eigenvalue weighted by atomic mass is 16.5. The summed E-state index contributed by atoms with van der Waals surface area (Å²) in [6, 6.07) is 0.288. The number of hydrogen-bond donors (Lipinski definition) is 0. The summed E-state index contributed by atoms with van der Waals surface area (Å²) >= 11 is 0. The number of hydrogen-bond acceptors (Lipinski definition) is 6. The van der Waals surface area contributed by atoms with Crippen LogP contribution in [-0.4, -0.2) is 74.1 Å². The fourth-order valence-electron chi connectivity index (χ4n) is 9.24. The standard InChI is InChI=1S/C57H112N2O5/c1-7-11-15-19-22-24-27-35-44-54(45-36-28-30-39-48-57(62)64-52-53(42-33-18-14-10-4)43-34-26-21-17-13-9-3)59(50-41-49-58(5)6)55(60)46-37-29-31-38-47-56(61)63-51-40-32-25-23-20-16-12-8-2/h53-54H,7-52H2,1-6H3. The molecule has 0 saturated carbocycles. The molecule has 0 bridgehead atoms. The van der Waals surface area contributed by atoms with Crippen LogP contribution in [0.4, 0.5) is 0 Å². The minimum Gasteiger partial charge on any atom is -0.466 e. The summed E-state index contributed by atoms with van der Waals surface area (Å²) < 4.78 is 11.4. The Hall–Kier alpha value is -1.63. The van der Waals surface area contributed by atoms with E-state index >= 15 is 0 Å². The molecule has 0 saturated heterocycles. The van der Waals surface area contributed by atoms with Gasteiger partial charge < -0.3 is 19.3 Å². The molecule has 1 amide bonds. The van der Waals surface area contributed by atoms with Crippen LogP contribution >= 0.6 is 0 Å². The molecule has 2 atom stereocenters. The van der Waals surface area contributed by atoms with E-state index in [1.165, 1.54) is 167 Å². The maximum atomic E-state index is 14.0. The summed E-state index contributed by atoms with van der Waals surface area (Å²) in [5.41, 5.74) is 0. The first-order chi connectivity index (χ1) is 31.3. The number of ether oxygens (including phenoxy) is 2. The molecule has 0 aromatic carbocycles. The SMILES string of the molecule is CCCCCCCCCCOC(=O)CCCCCCC(=O)N(CCCN(C)C)C(CCCCCCCCCC)CCCCCCC(=O)OCC(CCCCCC)CCCCCCCC. The van der Waals surface area contributed by atoms with Crippen molar-refractivity contribution in [2.24, 2.45) is 5.92 Å². The Bertz CT molecular complexity index is 1000. The van der Waals surface area contributed by atoms with Crippen LogP contribution < -0.4 is 0 Å². The summed E-state index contributed by atoms with van der Waals surface area (Å²) in [6.45, 7) is 12.0. The van der Waals surface area contributed by atoms with Gasteiger partial charge in [0.15, 0.2) is 0 Å². The van der Waals surface area contributed by atoms with Gasteiger partial charge in [0, 0.05) is 31.8 Å². The average Bonchev–Trinajstić information content (AvgIpc) is 3.28. The van der Waals surface area contributed by atoms with Crippen LogP contribution in [0.15, 0.2) is 0 Å². The van der Waals surface area contributed by atoms with Crippen LogP contribution in [0, 0.1) is 5.92 Å². The van der Waals surface area contributed by atoms with Gasteiger partial charge in [-0.15, -0.1) is 0 Å². The lowest BCUT2D eigenvalue weighted by molar-refractivity contribution is -0.145. The summed E-state index contributed by atoms with van der Waals surface area (Å²) in [5.74, 6) is 0.750. The summed E-state index contributed by atoms with van der Waals surface area (Å²) in [4.78, 5) is 43.7. The molecule has 0 spiro atoms. The number of amides is 1. The van der Waals surface area contributed by atoms with Gasteiger partial charge in [-0.2, -0.15) is 0 Å². The Kier molecular flexibility index (Phi) is 48.0. The molecule has 0 fully saturated rings. The van der Waals surface area contributed by atoms with E-state index in [-0.39, 0.29) is 18.0 Å². The quantitative estimate of drug-likeness (QED) is 0.0447. The van der Waals surface area contributed by atoms with Crippen molar-refractivity contribution in [3.63, 3.8) is 0 Å². The van der Waals surface area contributed by atoms with Crippen LogP contribution in [0.3, 0.4) is 0 Å². The van der Waals surface area contributed by atoms with Gasteiger partial charge in [0.1, 0.15) is 0 Å². The third kappa shape index (κ3) is 43.0. The molecule has 7 heteroatoms. The number of carbonyl (C=O) groups is 3. The van der Waals surface area contributed by atoms with Crippen LogP contribution in [0.1, 0.15) is 297 Å². The molecule has 2 unspecified atom stereocenters. The Morgan fingerprint density at radius 1 is 0.375 bits per heavy atom. The lowest BCUT2D eigenvalue weighted by atomic mass is 9.95. The normalized spacial score (nSPS) is 12.5. The first-order valence-electron chi connectivity index (χ1n) is 28.5. The van der Waals surface area contributed by atoms with E-state index in [0.29, 0.717) is 44.3 Å². The molecular weight excluding hydrogens is 793 g/mol. The second-order valence-corrected chi connectivity index (χ2v) is 20.2. The molecule has 0 heterocycles. The van der Waals surface area contributed by atoms with Gasteiger partial charge in [-0.25, -0.2) is 0 Å². The Morgan fingerprint density at radius 3 is 1.19 bits per heavy atom. The van der Waals surface area contributed by atoms with Gasteiger partial charge in [-0.1, -0.05) is 220 Å². The molecule has 7 nitrogen and oxygen atoms in total. The molecule has 0 aromatic heterocycles. The minimum absolute atomic E-state index is 0.0132. The Balaban J connectivity index is 4.98. The van der Waals surface area contributed by atoms with Crippen molar-refractivity contribution in [2.45, 2.75) is 303 Å². The summed E-state index contributed by atoms with van der Waals surface area (Å²) in [7, 11) is 4.24. The highest BCUT2D eigenvalue weighted by molar-refractivity contribution is 5.76. The number of nitrogens with zero attached hydrogens (tertiary/aromatic N) is 2. The number of carbonyl (C=O) groups excluding carboxylic acids is 3. The molecule has 0 radical (unpaired) electrons. The smallest absolute Gasteiger partial charge is 0.305 e. The van der Waals surface area contributed by atoms with E-state index in [4.69, 9.17) is 9.47 Å². The average molecular weight is 906 g/mol. The number of rotatable bonds is 51. The number of unbranched alkanes of at least 4 members (excludes halogenated alkanes) is 28. The lowest BCUT2D eigenvalue weighted by Gasteiger charge is -2.33. The second kappa shape index (κ2) is 49.3. The van der Waals surface area contributed by atoms with Crippen LogP contribution in [0.2, 0.25) is 0 Å². The third-order valence-electron chi connectivity index (χ3n) is 13.5. The van der Waals surface area contributed by atoms with Crippen molar-refractivity contribution >= 4 is 17.8 Å². The van der Waals surface area contributed by atoms with Gasteiger partial charge in [-0.05, 0) is 84.3 Å². The first kappa shape index (κ1) is 62.4.